The van der Waals surface area contributed by atoms with Crippen molar-refractivity contribution < 1.29 is 18.7 Å². The van der Waals surface area contributed by atoms with Gasteiger partial charge in [0.05, 0.1) is 12.2 Å². The Morgan fingerprint density at radius 2 is 2.18 bits per heavy atom. The van der Waals surface area contributed by atoms with Crippen LogP contribution in [0.3, 0.4) is 0 Å². The topological polar surface area (TPSA) is 92.3 Å². The first-order chi connectivity index (χ1) is 16.4. The van der Waals surface area contributed by atoms with Gasteiger partial charge in [0.15, 0.2) is 0 Å². The molecule has 1 amide bonds. The minimum atomic E-state index is -0.611. The Morgan fingerprint density at radius 3 is 2.91 bits per heavy atom. The van der Waals surface area contributed by atoms with Crippen molar-refractivity contribution in [3.8, 4) is 17.4 Å². The molecule has 1 atom stereocenters. The van der Waals surface area contributed by atoms with Gasteiger partial charge in [-0.05, 0) is 61.9 Å². The van der Waals surface area contributed by atoms with Crippen molar-refractivity contribution in [2.75, 3.05) is 11.9 Å². The van der Waals surface area contributed by atoms with Crippen LogP contribution < -0.4 is 5.32 Å². The van der Waals surface area contributed by atoms with Crippen molar-refractivity contribution in [2.45, 2.75) is 33.1 Å². The fraction of sp³-hybridized carbons (Fsp3) is 0.269. The Balaban J connectivity index is 1.60. The molecule has 0 aliphatic heterocycles. The number of carbonyl (C=O) groups is 2. The lowest BCUT2D eigenvalue weighted by Crippen LogP contribution is -2.17. The summed E-state index contributed by atoms with van der Waals surface area (Å²) in [7, 11) is 0. The zero-order valence-electron chi connectivity index (χ0n) is 18.8. The maximum Gasteiger partial charge on any atom is 0.341 e. The zero-order valence-corrected chi connectivity index (χ0v) is 20.4. The summed E-state index contributed by atoms with van der Waals surface area (Å²) in [4.78, 5) is 26.7. The van der Waals surface area contributed by atoms with Crippen LogP contribution in [0.25, 0.3) is 17.4 Å². The van der Waals surface area contributed by atoms with Crippen LogP contribution in [-0.4, -0.2) is 18.5 Å². The number of nitrogens with one attached hydrogen (secondary N) is 1. The van der Waals surface area contributed by atoms with Crippen LogP contribution >= 0.6 is 22.9 Å². The number of anilines is 1. The molecule has 1 aliphatic carbocycles. The molecule has 0 bridgehead atoms. The van der Waals surface area contributed by atoms with Gasteiger partial charge >= 0.3 is 5.97 Å². The van der Waals surface area contributed by atoms with Crippen molar-refractivity contribution >= 4 is 45.9 Å². The van der Waals surface area contributed by atoms with Gasteiger partial charge in [-0.3, -0.25) is 4.79 Å². The van der Waals surface area contributed by atoms with Crippen LogP contribution in [0, 0.1) is 17.2 Å². The van der Waals surface area contributed by atoms with Crippen molar-refractivity contribution in [3.05, 3.63) is 68.8 Å². The molecule has 0 saturated carbocycles. The largest absolute Gasteiger partial charge is 0.462 e. The first-order valence-electron chi connectivity index (χ1n) is 11.0. The third-order valence-corrected chi connectivity index (χ3v) is 7.01. The molecule has 34 heavy (non-hydrogen) atoms. The molecular weight excluding hydrogens is 472 g/mol. The van der Waals surface area contributed by atoms with E-state index in [-0.39, 0.29) is 12.2 Å². The molecule has 8 heteroatoms. The highest BCUT2D eigenvalue weighted by Crippen LogP contribution is 2.40. The third-order valence-electron chi connectivity index (χ3n) is 5.61. The average molecular weight is 495 g/mol. The Hall–Kier alpha value is -3.34. The minimum Gasteiger partial charge on any atom is -0.462 e. The maximum atomic E-state index is 13.0. The van der Waals surface area contributed by atoms with Gasteiger partial charge in [0.25, 0.3) is 5.91 Å². The molecule has 4 rings (SSSR count). The lowest BCUT2D eigenvalue weighted by atomic mass is 9.88. The Labute approximate surface area is 206 Å². The molecule has 1 unspecified atom stereocenters. The smallest absolute Gasteiger partial charge is 0.341 e. The molecule has 0 radical (unpaired) electrons. The van der Waals surface area contributed by atoms with Crippen LogP contribution in [0.1, 0.15) is 46.8 Å². The Kier molecular flexibility index (Phi) is 7.20. The molecule has 2 heterocycles. The molecule has 3 aromatic rings. The monoisotopic (exact) mass is 494 g/mol. The van der Waals surface area contributed by atoms with Crippen molar-refractivity contribution in [3.63, 3.8) is 0 Å². The van der Waals surface area contributed by atoms with Crippen molar-refractivity contribution in [2.24, 2.45) is 5.92 Å². The van der Waals surface area contributed by atoms with Gasteiger partial charge < -0.3 is 14.5 Å². The summed E-state index contributed by atoms with van der Waals surface area (Å²) < 4.78 is 11.0. The molecule has 2 aromatic heterocycles. The molecule has 1 aromatic carbocycles. The highest BCUT2D eigenvalue weighted by Gasteiger charge is 2.29. The molecule has 174 valence electrons. The number of amides is 1. The number of nitriles is 1. The zero-order chi connectivity index (χ0) is 24.2. The first-order valence-corrected chi connectivity index (χ1v) is 12.2. The summed E-state index contributed by atoms with van der Waals surface area (Å²) in [6, 6.07) is 12.5. The fourth-order valence-corrected chi connectivity index (χ4v) is 5.53. The second-order valence-corrected chi connectivity index (χ2v) is 9.65. The first kappa shape index (κ1) is 23.8. The van der Waals surface area contributed by atoms with E-state index in [9.17, 15) is 14.9 Å². The predicted octanol–water partition coefficient (Wildman–Crippen LogP) is 6.51. The maximum absolute atomic E-state index is 13.0. The molecule has 0 fully saturated rings. The van der Waals surface area contributed by atoms with Gasteiger partial charge in [0.2, 0.25) is 0 Å². The fourth-order valence-electron chi connectivity index (χ4n) is 3.95. The standard InChI is InChI=1S/C26H23ClN2O4S/c1-3-32-26(31)23-20-9-7-15(2)11-22(20)34-25(23)29-24(30)17(14-28)13-19-8-10-21(33-19)16-5-4-6-18(27)12-16/h4-6,8,10,12-13,15H,3,7,9,11H2,1-2H3,(H,29,30)/b17-13+. The number of thiophene rings is 1. The molecule has 0 saturated heterocycles. The molecule has 6 nitrogen and oxygen atoms in total. The van der Waals surface area contributed by atoms with E-state index in [1.54, 1.807) is 31.2 Å². The number of fused-ring (bicyclic) bond motifs is 1. The van der Waals surface area contributed by atoms with Crippen LogP contribution in [0.2, 0.25) is 5.02 Å². The van der Waals surface area contributed by atoms with Crippen LogP contribution in [-0.2, 0) is 22.4 Å². The quantitative estimate of drug-likeness (QED) is 0.239. The number of halogens is 1. The second-order valence-electron chi connectivity index (χ2n) is 8.11. The number of hydrogen-bond acceptors (Lipinski definition) is 6. The van der Waals surface area contributed by atoms with E-state index in [4.69, 9.17) is 20.8 Å². The summed E-state index contributed by atoms with van der Waals surface area (Å²) >= 11 is 7.43. The van der Waals surface area contributed by atoms with Gasteiger partial charge in [-0.25, -0.2) is 4.79 Å². The van der Waals surface area contributed by atoms with E-state index in [1.165, 1.54) is 17.4 Å². The second kappa shape index (κ2) is 10.3. The van der Waals surface area contributed by atoms with Gasteiger partial charge in [-0.2, -0.15) is 5.26 Å². The minimum absolute atomic E-state index is 0.137. The van der Waals surface area contributed by atoms with Crippen molar-refractivity contribution in [1.29, 1.82) is 5.26 Å². The molecular formula is C26H23ClN2O4S. The van der Waals surface area contributed by atoms with Crippen molar-refractivity contribution in [1.82, 2.24) is 0 Å². The summed E-state index contributed by atoms with van der Waals surface area (Å²) in [5.74, 6) is 0.361. The predicted molar refractivity (Wildman–Crippen MR) is 133 cm³/mol. The number of carbonyl (C=O) groups excluding carboxylic acids is 2. The normalized spacial score (nSPS) is 15.4. The number of esters is 1. The third kappa shape index (κ3) is 5.09. The molecule has 1 N–H and O–H groups in total. The van der Waals surface area contributed by atoms with Crippen LogP contribution in [0.15, 0.2) is 46.4 Å². The SMILES string of the molecule is CCOC(=O)c1c(NC(=O)/C(C#N)=C/c2ccc(-c3cccc(Cl)c3)o2)sc2c1CCC(C)C2. The van der Waals surface area contributed by atoms with Gasteiger partial charge in [-0.15, -0.1) is 11.3 Å². The highest BCUT2D eigenvalue weighted by molar-refractivity contribution is 7.17. The number of nitrogens with zero attached hydrogens (tertiary/aromatic N) is 1. The summed E-state index contributed by atoms with van der Waals surface area (Å²) in [5.41, 5.74) is 1.99. The number of furan rings is 1. The molecule has 1 aliphatic rings. The summed E-state index contributed by atoms with van der Waals surface area (Å²) in [5, 5.41) is 13.4. The Morgan fingerprint density at radius 1 is 1.35 bits per heavy atom. The van der Waals surface area contributed by atoms with Gasteiger partial charge in [-0.1, -0.05) is 30.7 Å². The van der Waals surface area contributed by atoms with E-state index in [0.717, 1.165) is 35.3 Å². The Bertz CT molecular complexity index is 1310. The lowest BCUT2D eigenvalue weighted by Gasteiger charge is -2.18. The summed E-state index contributed by atoms with van der Waals surface area (Å²) in [6.07, 6.45) is 3.96. The van der Waals surface area contributed by atoms with E-state index in [2.05, 4.69) is 12.2 Å². The van der Waals surface area contributed by atoms with E-state index in [1.807, 2.05) is 18.2 Å². The number of ether oxygens (including phenoxy) is 1. The van der Waals surface area contributed by atoms with E-state index >= 15 is 0 Å². The number of benzene rings is 1. The van der Waals surface area contributed by atoms with Crippen LogP contribution in [0.5, 0.6) is 0 Å². The van der Waals surface area contributed by atoms with Gasteiger partial charge in [0.1, 0.15) is 28.2 Å². The number of hydrogen-bond donors (Lipinski definition) is 1. The van der Waals surface area contributed by atoms with Gasteiger partial charge in [0, 0.05) is 21.5 Å². The lowest BCUT2D eigenvalue weighted by molar-refractivity contribution is -0.112. The molecule has 0 spiro atoms. The highest BCUT2D eigenvalue weighted by atomic mass is 35.5. The van der Waals surface area contributed by atoms with E-state index < -0.39 is 11.9 Å². The summed E-state index contributed by atoms with van der Waals surface area (Å²) in [6.45, 7) is 4.15. The van der Waals surface area contributed by atoms with E-state index in [0.29, 0.717) is 33.0 Å². The number of rotatable bonds is 6. The average Bonchev–Trinajstić information content (AvgIpc) is 3.41. The van der Waals surface area contributed by atoms with Crippen LogP contribution in [0.4, 0.5) is 5.00 Å².